The normalized spacial score (nSPS) is 16.8. The number of carbonyl (C=O) groups is 1. The highest BCUT2D eigenvalue weighted by Gasteiger charge is 2.42. The third kappa shape index (κ3) is 3.48. The highest BCUT2D eigenvalue weighted by molar-refractivity contribution is 5.72. The van der Waals surface area contributed by atoms with Gasteiger partial charge in [-0.3, -0.25) is 4.79 Å². The third-order valence-corrected chi connectivity index (χ3v) is 3.90. The van der Waals surface area contributed by atoms with E-state index in [2.05, 4.69) is 0 Å². The van der Waals surface area contributed by atoms with Crippen LogP contribution in [0.5, 0.6) is 0 Å². The lowest BCUT2D eigenvalue weighted by Crippen LogP contribution is -2.48. The summed E-state index contributed by atoms with van der Waals surface area (Å²) in [6.45, 7) is 12.9. The predicted octanol–water partition coefficient (Wildman–Crippen LogP) is 2.76. The predicted molar refractivity (Wildman–Crippen MR) is 65.1 cm³/mol. The first-order chi connectivity index (χ1) is 7.04. The van der Waals surface area contributed by atoms with Crippen LogP contribution >= 0.6 is 0 Å². The molecule has 0 aromatic heterocycles. The highest BCUT2D eigenvalue weighted by atomic mass is 16.5. The Bertz CT molecular complexity index is 238. The summed E-state index contributed by atoms with van der Waals surface area (Å²) in [5, 5.41) is 10.0. The Kier molecular flexibility index (Phi) is 4.99. The SMILES string of the molecule is CCC(C)C(=O)OC(C)C(C)(C)C(C)(C)O. The van der Waals surface area contributed by atoms with Gasteiger partial charge in [-0.25, -0.2) is 0 Å². The Morgan fingerprint density at radius 1 is 1.25 bits per heavy atom. The zero-order valence-corrected chi connectivity index (χ0v) is 11.6. The molecule has 0 amide bonds. The minimum atomic E-state index is -0.887. The van der Waals surface area contributed by atoms with Gasteiger partial charge >= 0.3 is 5.97 Å². The average molecular weight is 230 g/mol. The standard InChI is InChI=1S/C13H26O3/c1-8-9(2)11(14)16-10(3)12(4,5)13(6,7)15/h9-10,15H,8H2,1-7H3. The molecule has 0 aromatic rings. The van der Waals surface area contributed by atoms with Gasteiger partial charge in [0.2, 0.25) is 0 Å². The number of hydrogen-bond donors (Lipinski definition) is 1. The number of carbonyl (C=O) groups excluding carboxylic acids is 1. The highest BCUT2D eigenvalue weighted by Crippen LogP contribution is 2.35. The molecule has 2 unspecified atom stereocenters. The van der Waals surface area contributed by atoms with Crippen molar-refractivity contribution < 1.29 is 14.6 Å². The molecule has 0 spiro atoms. The molecular formula is C13H26O3. The molecule has 0 saturated carbocycles. The molecule has 16 heavy (non-hydrogen) atoms. The first-order valence-corrected chi connectivity index (χ1v) is 5.96. The monoisotopic (exact) mass is 230 g/mol. The third-order valence-electron chi connectivity index (χ3n) is 3.90. The fraction of sp³-hybridized carbons (Fsp3) is 0.923. The maximum absolute atomic E-state index is 11.7. The summed E-state index contributed by atoms with van der Waals surface area (Å²) >= 11 is 0. The Balaban J connectivity index is 4.59. The number of aliphatic hydroxyl groups is 1. The number of rotatable bonds is 5. The van der Waals surface area contributed by atoms with Crippen molar-refractivity contribution in [2.45, 2.75) is 66.6 Å². The van der Waals surface area contributed by atoms with Gasteiger partial charge in [0.25, 0.3) is 0 Å². The maximum atomic E-state index is 11.7. The molecule has 1 N–H and O–H groups in total. The Morgan fingerprint density at radius 3 is 2.00 bits per heavy atom. The minimum Gasteiger partial charge on any atom is -0.462 e. The largest absolute Gasteiger partial charge is 0.462 e. The van der Waals surface area contributed by atoms with Crippen LogP contribution in [0.2, 0.25) is 0 Å². The van der Waals surface area contributed by atoms with E-state index in [9.17, 15) is 9.90 Å². The summed E-state index contributed by atoms with van der Waals surface area (Å²) < 4.78 is 5.40. The van der Waals surface area contributed by atoms with Crippen molar-refractivity contribution in [1.29, 1.82) is 0 Å². The van der Waals surface area contributed by atoms with Crippen LogP contribution in [-0.4, -0.2) is 22.8 Å². The second-order valence-corrected chi connectivity index (χ2v) is 5.67. The van der Waals surface area contributed by atoms with Crippen LogP contribution in [0.1, 0.15) is 54.9 Å². The molecule has 0 rings (SSSR count). The molecule has 0 aliphatic carbocycles. The first kappa shape index (κ1) is 15.4. The van der Waals surface area contributed by atoms with E-state index in [1.807, 2.05) is 34.6 Å². The summed E-state index contributed by atoms with van der Waals surface area (Å²) in [5.74, 6) is -0.271. The molecular weight excluding hydrogens is 204 g/mol. The van der Waals surface area contributed by atoms with Gasteiger partial charge in [-0.05, 0) is 27.2 Å². The van der Waals surface area contributed by atoms with Gasteiger partial charge in [0, 0.05) is 5.41 Å². The van der Waals surface area contributed by atoms with Gasteiger partial charge in [-0.2, -0.15) is 0 Å². The van der Waals surface area contributed by atoms with E-state index in [-0.39, 0.29) is 18.0 Å². The molecule has 96 valence electrons. The number of esters is 1. The topological polar surface area (TPSA) is 46.5 Å². The maximum Gasteiger partial charge on any atom is 0.308 e. The lowest BCUT2D eigenvalue weighted by Gasteiger charge is -2.41. The van der Waals surface area contributed by atoms with Gasteiger partial charge in [0.1, 0.15) is 6.10 Å². The summed E-state index contributed by atoms with van der Waals surface area (Å²) in [6.07, 6.45) is 0.461. The quantitative estimate of drug-likeness (QED) is 0.739. The van der Waals surface area contributed by atoms with Crippen molar-refractivity contribution in [3.8, 4) is 0 Å². The Labute approximate surface area is 99.2 Å². The first-order valence-electron chi connectivity index (χ1n) is 5.96. The molecule has 2 atom stereocenters. The van der Waals surface area contributed by atoms with Crippen molar-refractivity contribution in [1.82, 2.24) is 0 Å². The van der Waals surface area contributed by atoms with E-state index in [4.69, 9.17) is 4.74 Å². The van der Waals surface area contributed by atoms with Crippen LogP contribution in [0.3, 0.4) is 0 Å². The van der Waals surface area contributed by atoms with E-state index in [0.29, 0.717) is 0 Å². The molecule has 3 heteroatoms. The zero-order chi connectivity index (χ0) is 13.1. The lowest BCUT2D eigenvalue weighted by atomic mass is 9.73. The minimum absolute atomic E-state index is 0.0833. The van der Waals surface area contributed by atoms with E-state index in [1.54, 1.807) is 13.8 Å². The Morgan fingerprint density at radius 2 is 1.69 bits per heavy atom. The van der Waals surface area contributed by atoms with Gasteiger partial charge in [0.05, 0.1) is 11.5 Å². The van der Waals surface area contributed by atoms with Crippen LogP contribution in [0.15, 0.2) is 0 Å². The molecule has 3 nitrogen and oxygen atoms in total. The fourth-order valence-corrected chi connectivity index (χ4v) is 1.10. The number of ether oxygens (including phenoxy) is 1. The van der Waals surface area contributed by atoms with E-state index < -0.39 is 11.0 Å². The Hall–Kier alpha value is -0.570. The van der Waals surface area contributed by atoms with Crippen LogP contribution in [0.25, 0.3) is 0 Å². The van der Waals surface area contributed by atoms with Crippen molar-refractivity contribution in [2.75, 3.05) is 0 Å². The van der Waals surface area contributed by atoms with E-state index >= 15 is 0 Å². The van der Waals surface area contributed by atoms with Crippen LogP contribution in [-0.2, 0) is 9.53 Å². The summed E-state index contributed by atoms with van der Waals surface area (Å²) in [5.41, 5.74) is -1.36. The molecule has 0 radical (unpaired) electrons. The molecule has 0 fully saturated rings. The van der Waals surface area contributed by atoms with Gasteiger partial charge in [-0.15, -0.1) is 0 Å². The molecule has 0 heterocycles. The molecule has 0 aliphatic heterocycles. The second kappa shape index (κ2) is 5.17. The summed E-state index contributed by atoms with van der Waals surface area (Å²) in [7, 11) is 0. The van der Waals surface area contributed by atoms with Gasteiger partial charge in [-0.1, -0.05) is 27.7 Å². The summed E-state index contributed by atoms with van der Waals surface area (Å²) in [4.78, 5) is 11.7. The molecule has 0 saturated heterocycles. The summed E-state index contributed by atoms with van der Waals surface area (Å²) in [6, 6.07) is 0. The van der Waals surface area contributed by atoms with Crippen LogP contribution in [0, 0.1) is 11.3 Å². The lowest BCUT2D eigenvalue weighted by molar-refractivity contribution is -0.169. The van der Waals surface area contributed by atoms with Gasteiger partial charge < -0.3 is 9.84 Å². The molecule has 0 aliphatic rings. The van der Waals surface area contributed by atoms with E-state index in [1.165, 1.54) is 0 Å². The van der Waals surface area contributed by atoms with Crippen molar-refractivity contribution in [3.63, 3.8) is 0 Å². The zero-order valence-electron chi connectivity index (χ0n) is 11.6. The number of hydrogen-bond acceptors (Lipinski definition) is 3. The van der Waals surface area contributed by atoms with Crippen LogP contribution < -0.4 is 0 Å². The fourth-order valence-electron chi connectivity index (χ4n) is 1.10. The molecule has 0 bridgehead atoms. The smallest absolute Gasteiger partial charge is 0.308 e. The van der Waals surface area contributed by atoms with Crippen molar-refractivity contribution in [2.24, 2.45) is 11.3 Å². The van der Waals surface area contributed by atoms with E-state index in [0.717, 1.165) is 6.42 Å². The van der Waals surface area contributed by atoms with Crippen molar-refractivity contribution >= 4 is 5.97 Å². The van der Waals surface area contributed by atoms with Crippen LogP contribution in [0.4, 0.5) is 0 Å². The van der Waals surface area contributed by atoms with Gasteiger partial charge in [0.15, 0.2) is 0 Å². The second-order valence-electron chi connectivity index (χ2n) is 5.67. The molecule has 0 aromatic carbocycles. The average Bonchev–Trinajstić information content (AvgIpc) is 2.14. The van der Waals surface area contributed by atoms with Crippen molar-refractivity contribution in [3.05, 3.63) is 0 Å².